The van der Waals surface area contributed by atoms with Gasteiger partial charge in [-0.2, -0.15) is 5.10 Å². The summed E-state index contributed by atoms with van der Waals surface area (Å²) in [5.74, 6) is 0.290. The fourth-order valence-corrected chi connectivity index (χ4v) is 1.97. The van der Waals surface area contributed by atoms with Crippen LogP contribution in [0.15, 0.2) is 15.5 Å². The van der Waals surface area contributed by atoms with Crippen molar-refractivity contribution < 1.29 is 4.79 Å². The van der Waals surface area contributed by atoms with E-state index in [-0.39, 0.29) is 11.5 Å². The molecule has 2 N–H and O–H groups in total. The first-order chi connectivity index (χ1) is 9.36. The van der Waals surface area contributed by atoms with Gasteiger partial charge in [-0.3, -0.25) is 9.59 Å². The Morgan fingerprint density at radius 2 is 2.10 bits per heavy atom. The summed E-state index contributed by atoms with van der Waals surface area (Å²) in [4.78, 5) is 23.8. The number of hydrogen-bond acceptors (Lipinski definition) is 4. The second-order valence-electron chi connectivity index (χ2n) is 5.00. The Bertz CT molecular complexity index is 528. The highest BCUT2D eigenvalue weighted by atomic mass is 79.9. The van der Waals surface area contributed by atoms with Crippen molar-refractivity contribution in [3.05, 3.63) is 21.0 Å². The normalized spacial score (nSPS) is 12.3. The second kappa shape index (κ2) is 7.42. The van der Waals surface area contributed by atoms with Gasteiger partial charge in [-0.05, 0) is 35.7 Å². The highest BCUT2D eigenvalue weighted by molar-refractivity contribution is 9.10. The van der Waals surface area contributed by atoms with E-state index in [2.05, 4.69) is 31.7 Å². The first kappa shape index (κ1) is 16.7. The molecular weight excluding hydrogens is 324 g/mol. The van der Waals surface area contributed by atoms with E-state index >= 15 is 0 Å². The summed E-state index contributed by atoms with van der Waals surface area (Å²) in [5, 5.41) is 9.85. The standard InChI is InChI=1S/C13H21BrN4O2/c1-5-18-13(20)11(14)10(7-16-18)17-9(4)12(19)15-6-8(2)3/h7-9,17H,5-6H2,1-4H3,(H,15,19). The number of hydrogen-bond donors (Lipinski definition) is 2. The number of carbonyl (C=O) groups is 1. The molecule has 1 unspecified atom stereocenters. The maximum atomic E-state index is 11.9. The average molecular weight is 345 g/mol. The van der Waals surface area contributed by atoms with E-state index in [1.54, 1.807) is 13.1 Å². The number of amides is 1. The van der Waals surface area contributed by atoms with Gasteiger partial charge in [0.1, 0.15) is 10.5 Å². The van der Waals surface area contributed by atoms with Crippen molar-refractivity contribution in [2.24, 2.45) is 5.92 Å². The number of nitrogens with one attached hydrogen (secondary N) is 2. The Hall–Kier alpha value is -1.37. The number of halogens is 1. The van der Waals surface area contributed by atoms with Gasteiger partial charge in [-0.25, -0.2) is 4.68 Å². The van der Waals surface area contributed by atoms with Crippen molar-refractivity contribution in [1.29, 1.82) is 0 Å². The monoisotopic (exact) mass is 344 g/mol. The van der Waals surface area contributed by atoms with Crippen LogP contribution < -0.4 is 16.2 Å². The fourth-order valence-electron chi connectivity index (χ4n) is 1.55. The smallest absolute Gasteiger partial charge is 0.283 e. The van der Waals surface area contributed by atoms with Gasteiger partial charge in [0.15, 0.2) is 0 Å². The molecule has 1 aromatic heterocycles. The quantitative estimate of drug-likeness (QED) is 0.821. The molecule has 0 bridgehead atoms. The van der Waals surface area contributed by atoms with Crippen molar-refractivity contribution in [2.45, 2.75) is 40.3 Å². The maximum absolute atomic E-state index is 11.9. The molecule has 0 saturated carbocycles. The molecule has 7 heteroatoms. The molecular formula is C13H21BrN4O2. The summed E-state index contributed by atoms with van der Waals surface area (Å²) in [5.41, 5.74) is 0.305. The van der Waals surface area contributed by atoms with E-state index in [4.69, 9.17) is 0 Å². The molecule has 0 radical (unpaired) electrons. The van der Waals surface area contributed by atoms with E-state index in [0.717, 1.165) is 0 Å². The molecule has 0 saturated heterocycles. The third kappa shape index (κ3) is 4.33. The second-order valence-corrected chi connectivity index (χ2v) is 5.79. The fraction of sp³-hybridized carbons (Fsp3) is 0.615. The van der Waals surface area contributed by atoms with Crippen LogP contribution in [0.5, 0.6) is 0 Å². The van der Waals surface area contributed by atoms with Gasteiger partial charge < -0.3 is 10.6 Å². The molecule has 0 aliphatic heterocycles. The lowest BCUT2D eigenvalue weighted by atomic mass is 10.2. The number of nitrogens with zero attached hydrogens (tertiary/aromatic N) is 2. The van der Waals surface area contributed by atoms with Crippen LogP contribution in [0.4, 0.5) is 5.69 Å². The van der Waals surface area contributed by atoms with Crippen LogP contribution in [-0.4, -0.2) is 28.3 Å². The summed E-state index contributed by atoms with van der Waals surface area (Å²) < 4.78 is 1.73. The van der Waals surface area contributed by atoms with Crippen LogP contribution in [0.2, 0.25) is 0 Å². The predicted octanol–water partition coefficient (Wildman–Crippen LogP) is 1.60. The van der Waals surface area contributed by atoms with Gasteiger partial charge in [-0.15, -0.1) is 0 Å². The predicted molar refractivity (Wildman–Crippen MR) is 82.8 cm³/mol. The minimum atomic E-state index is -0.441. The molecule has 6 nitrogen and oxygen atoms in total. The van der Waals surface area contributed by atoms with E-state index in [0.29, 0.717) is 29.2 Å². The highest BCUT2D eigenvalue weighted by Crippen LogP contribution is 2.17. The zero-order chi connectivity index (χ0) is 15.3. The minimum Gasteiger partial charge on any atom is -0.372 e. The molecule has 0 aromatic carbocycles. The zero-order valence-electron chi connectivity index (χ0n) is 12.2. The molecule has 1 amide bonds. The Labute approximate surface area is 127 Å². The van der Waals surface area contributed by atoms with Gasteiger partial charge in [0, 0.05) is 13.1 Å². The van der Waals surface area contributed by atoms with Crippen LogP contribution in [0, 0.1) is 5.92 Å². The summed E-state index contributed by atoms with van der Waals surface area (Å²) in [7, 11) is 0. The Balaban J connectivity index is 2.76. The van der Waals surface area contributed by atoms with Gasteiger partial charge >= 0.3 is 0 Å². The molecule has 0 spiro atoms. The van der Waals surface area contributed by atoms with Crippen LogP contribution >= 0.6 is 15.9 Å². The van der Waals surface area contributed by atoms with Crippen molar-refractivity contribution >= 4 is 27.5 Å². The Morgan fingerprint density at radius 3 is 2.65 bits per heavy atom. The number of carbonyl (C=O) groups excluding carboxylic acids is 1. The molecule has 1 atom stereocenters. The van der Waals surface area contributed by atoms with E-state index < -0.39 is 6.04 Å². The molecule has 0 fully saturated rings. The van der Waals surface area contributed by atoms with E-state index in [1.807, 2.05) is 20.8 Å². The molecule has 112 valence electrons. The molecule has 1 heterocycles. The molecule has 20 heavy (non-hydrogen) atoms. The van der Waals surface area contributed by atoms with Crippen LogP contribution in [-0.2, 0) is 11.3 Å². The molecule has 1 rings (SSSR count). The first-order valence-corrected chi connectivity index (χ1v) is 7.46. The van der Waals surface area contributed by atoms with Gasteiger partial charge in [0.05, 0.1) is 11.9 Å². The number of aryl methyl sites for hydroxylation is 1. The lowest BCUT2D eigenvalue weighted by Crippen LogP contribution is -2.39. The minimum absolute atomic E-state index is 0.106. The van der Waals surface area contributed by atoms with Crippen LogP contribution in [0.3, 0.4) is 0 Å². The van der Waals surface area contributed by atoms with Crippen LogP contribution in [0.25, 0.3) is 0 Å². The van der Waals surface area contributed by atoms with Crippen molar-refractivity contribution in [1.82, 2.24) is 15.1 Å². The molecule has 0 aliphatic carbocycles. The third-order valence-electron chi connectivity index (χ3n) is 2.73. The van der Waals surface area contributed by atoms with E-state index in [1.165, 1.54) is 4.68 Å². The Kier molecular flexibility index (Phi) is 6.19. The third-order valence-corrected chi connectivity index (χ3v) is 3.50. The van der Waals surface area contributed by atoms with Crippen LogP contribution in [0.1, 0.15) is 27.7 Å². The lowest BCUT2D eigenvalue weighted by Gasteiger charge is -2.17. The van der Waals surface area contributed by atoms with Crippen molar-refractivity contribution in [3.8, 4) is 0 Å². The van der Waals surface area contributed by atoms with Crippen molar-refractivity contribution in [2.75, 3.05) is 11.9 Å². The summed E-state index contributed by atoms with van der Waals surface area (Å²) >= 11 is 3.24. The first-order valence-electron chi connectivity index (χ1n) is 6.66. The Morgan fingerprint density at radius 1 is 1.45 bits per heavy atom. The van der Waals surface area contributed by atoms with Gasteiger partial charge in [0.25, 0.3) is 5.56 Å². The molecule has 0 aliphatic rings. The van der Waals surface area contributed by atoms with E-state index in [9.17, 15) is 9.59 Å². The SMILES string of the molecule is CCn1ncc(NC(C)C(=O)NCC(C)C)c(Br)c1=O. The number of anilines is 1. The van der Waals surface area contributed by atoms with Gasteiger partial charge in [0.2, 0.25) is 5.91 Å². The van der Waals surface area contributed by atoms with Gasteiger partial charge in [-0.1, -0.05) is 13.8 Å². The summed E-state index contributed by atoms with van der Waals surface area (Å²) in [6.07, 6.45) is 1.54. The zero-order valence-corrected chi connectivity index (χ0v) is 13.8. The topological polar surface area (TPSA) is 76.0 Å². The summed E-state index contributed by atoms with van der Waals surface area (Å²) in [6, 6.07) is -0.441. The lowest BCUT2D eigenvalue weighted by molar-refractivity contribution is -0.121. The van der Waals surface area contributed by atoms with Crippen molar-refractivity contribution in [3.63, 3.8) is 0 Å². The molecule has 1 aromatic rings. The largest absolute Gasteiger partial charge is 0.372 e. The number of aromatic nitrogens is 2. The average Bonchev–Trinajstić information content (AvgIpc) is 2.41. The summed E-state index contributed by atoms with van der Waals surface area (Å²) in [6.45, 7) is 8.78. The highest BCUT2D eigenvalue weighted by Gasteiger charge is 2.16. The maximum Gasteiger partial charge on any atom is 0.283 e. The number of rotatable bonds is 6.